The summed E-state index contributed by atoms with van der Waals surface area (Å²) < 4.78 is 11.6. The van der Waals surface area contributed by atoms with Crippen LogP contribution in [-0.4, -0.2) is 19.6 Å². The second-order valence-electron chi connectivity index (χ2n) is 14.9. The Morgan fingerprint density at radius 3 is 1.92 bits per heavy atom. The summed E-state index contributed by atoms with van der Waals surface area (Å²) in [4.78, 5) is 0. The Kier molecular flexibility index (Phi) is 10.2. The van der Waals surface area contributed by atoms with Gasteiger partial charge in [0.1, 0.15) is 11.3 Å². The number of hydrogen-bond acceptors (Lipinski definition) is 5. The molecule has 2 aliphatic rings. The molecule has 4 N–H and O–H groups in total. The highest BCUT2D eigenvalue weighted by atomic mass is 16.3. The SMILES string of the molecule is CC(C)C1CCNc2c(-c3cc4ccccc4o3)cc(Cc3ccccc3)cc21.NCC1CCNc2c(-c3ccoc3)cc(Cc3ccccc3)cc21. The lowest BCUT2D eigenvalue weighted by Crippen LogP contribution is -2.23. The Morgan fingerprint density at radius 1 is 0.660 bits per heavy atom. The number of fused-ring (bicyclic) bond motifs is 3. The van der Waals surface area contributed by atoms with Crippen molar-refractivity contribution in [3.8, 4) is 22.5 Å². The van der Waals surface area contributed by atoms with Crippen LogP contribution in [0.5, 0.6) is 0 Å². The fraction of sp³-hybridized carbons (Fsp3) is 0.250. The van der Waals surface area contributed by atoms with Crippen LogP contribution in [0.1, 0.15) is 71.9 Å². The molecule has 0 bridgehead atoms. The van der Waals surface area contributed by atoms with E-state index in [4.69, 9.17) is 14.6 Å². The molecule has 0 fully saturated rings. The number of nitrogens with two attached hydrogens (primary N) is 1. The van der Waals surface area contributed by atoms with Gasteiger partial charge in [-0.1, -0.05) is 105 Å². The van der Waals surface area contributed by atoms with Crippen molar-refractivity contribution >= 4 is 22.3 Å². The molecule has 4 heterocycles. The topological polar surface area (TPSA) is 76.4 Å². The summed E-state index contributed by atoms with van der Waals surface area (Å²) in [7, 11) is 0. The molecule has 2 aliphatic heterocycles. The lowest BCUT2D eigenvalue weighted by molar-refractivity contribution is 0.469. The summed E-state index contributed by atoms with van der Waals surface area (Å²) in [5.74, 6) is 2.56. The van der Waals surface area contributed by atoms with Gasteiger partial charge in [-0.3, -0.25) is 0 Å². The molecule has 2 unspecified atom stereocenters. The van der Waals surface area contributed by atoms with Crippen LogP contribution in [0.3, 0.4) is 0 Å². The Balaban J connectivity index is 0.000000154. The minimum atomic E-state index is 0.419. The molecular weight excluding hydrogens is 651 g/mol. The Bertz CT molecular complexity index is 2240. The van der Waals surface area contributed by atoms with Gasteiger partial charge in [-0.05, 0) is 114 Å². The van der Waals surface area contributed by atoms with Crippen molar-refractivity contribution in [2.24, 2.45) is 11.7 Å². The Labute approximate surface area is 313 Å². The molecule has 9 rings (SSSR count). The summed E-state index contributed by atoms with van der Waals surface area (Å²) in [5, 5.41) is 8.42. The molecular formula is C48H49N3O2. The third-order valence-corrected chi connectivity index (χ3v) is 11.0. The zero-order valence-corrected chi connectivity index (χ0v) is 30.8. The lowest BCUT2D eigenvalue weighted by atomic mass is 9.80. The average molecular weight is 700 g/mol. The summed E-state index contributed by atoms with van der Waals surface area (Å²) in [6.45, 7) is 7.35. The molecule has 0 aliphatic carbocycles. The quantitative estimate of drug-likeness (QED) is 0.147. The standard InChI is InChI=1S/C27H27NO.C21H22N2O/c1-18(2)22-12-13-28-27-23(22)15-20(14-19-8-4-3-5-9-19)16-24(27)26-17-21-10-6-7-11-25(21)29-26;22-13-17-6-8-23-21-19(17)11-16(10-15-4-2-1-3-5-15)12-20(21)18-7-9-24-14-18/h3-11,15-18,22,28H,12-14H2,1-2H3;1-5,7,9,11-12,14,17,23H,6,8,10,13,22H2. The van der Waals surface area contributed by atoms with Gasteiger partial charge in [-0.25, -0.2) is 0 Å². The fourth-order valence-electron chi connectivity index (χ4n) is 8.26. The number of benzene rings is 5. The number of nitrogens with one attached hydrogen (secondary N) is 2. The maximum Gasteiger partial charge on any atom is 0.137 e. The Morgan fingerprint density at radius 2 is 1.28 bits per heavy atom. The molecule has 0 amide bonds. The van der Waals surface area contributed by atoms with Crippen molar-refractivity contribution in [1.29, 1.82) is 0 Å². The van der Waals surface area contributed by atoms with E-state index in [1.165, 1.54) is 62.3 Å². The van der Waals surface area contributed by atoms with E-state index < -0.39 is 0 Å². The highest BCUT2D eigenvalue weighted by Gasteiger charge is 2.27. The second kappa shape index (κ2) is 15.6. The van der Waals surface area contributed by atoms with Gasteiger partial charge in [-0.2, -0.15) is 0 Å². The fourth-order valence-corrected chi connectivity index (χ4v) is 8.26. The molecule has 5 heteroatoms. The van der Waals surface area contributed by atoms with E-state index in [9.17, 15) is 0 Å². The predicted octanol–water partition coefficient (Wildman–Crippen LogP) is 11.6. The van der Waals surface area contributed by atoms with Crippen LogP contribution in [0.15, 0.2) is 143 Å². The van der Waals surface area contributed by atoms with Crippen LogP contribution in [-0.2, 0) is 12.8 Å². The van der Waals surface area contributed by atoms with E-state index in [1.807, 2.05) is 24.5 Å². The number of anilines is 2. The summed E-state index contributed by atoms with van der Waals surface area (Å²) in [6, 6.07) is 43.1. The van der Waals surface area contributed by atoms with Crippen LogP contribution in [0.25, 0.3) is 33.4 Å². The van der Waals surface area contributed by atoms with Crippen molar-refractivity contribution in [3.05, 3.63) is 167 Å². The molecule has 0 radical (unpaired) electrons. The number of furan rings is 2. The van der Waals surface area contributed by atoms with Gasteiger partial charge in [0.05, 0.1) is 12.5 Å². The van der Waals surface area contributed by atoms with Gasteiger partial charge in [0.25, 0.3) is 0 Å². The summed E-state index contributed by atoms with van der Waals surface area (Å²) >= 11 is 0. The normalized spacial score (nSPS) is 16.2. The van der Waals surface area contributed by atoms with Gasteiger partial charge in [0.2, 0.25) is 0 Å². The van der Waals surface area contributed by atoms with Crippen LogP contribution in [0.2, 0.25) is 0 Å². The minimum absolute atomic E-state index is 0.419. The van der Waals surface area contributed by atoms with E-state index in [-0.39, 0.29) is 0 Å². The average Bonchev–Trinajstić information content (AvgIpc) is 3.89. The molecule has 7 aromatic rings. The molecule has 268 valence electrons. The Hall–Kier alpha value is -5.52. The highest BCUT2D eigenvalue weighted by Crippen LogP contribution is 2.44. The van der Waals surface area contributed by atoms with Crippen LogP contribution in [0, 0.1) is 5.92 Å². The van der Waals surface area contributed by atoms with Crippen LogP contribution >= 0.6 is 0 Å². The van der Waals surface area contributed by atoms with E-state index in [1.54, 1.807) is 6.26 Å². The third-order valence-electron chi connectivity index (χ3n) is 11.0. The molecule has 0 saturated carbocycles. The molecule has 0 spiro atoms. The molecule has 2 atom stereocenters. The van der Waals surface area contributed by atoms with Crippen LogP contribution < -0.4 is 16.4 Å². The molecule has 2 aromatic heterocycles. The van der Waals surface area contributed by atoms with Gasteiger partial charge in [0.15, 0.2) is 0 Å². The second-order valence-corrected chi connectivity index (χ2v) is 14.9. The maximum atomic E-state index is 6.28. The van der Waals surface area contributed by atoms with Gasteiger partial charge in [0, 0.05) is 46.5 Å². The van der Waals surface area contributed by atoms with Gasteiger partial charge < -0.3 is 25.2 Å². The summed E-state index contributed by atoms with van der Waals surface area (Å²) in [6.07, 6.45) is 7.68. The van der Waals surface area contributed by atoms with Crippen LogP contribution in [0.4, 0.5) is 11.4 Å². The number of para-hydroxylation sites is 1. The lowest BCUT2D eigenvalue weighted by Gasteiger charge is -2.31. The van der Waals surface area contributed by atoms with Crippen molar-refractivity contribution < 1.29 is 8.83 Å². The first-order chi connectivity index (χ1) is 26.0. The minimum Gasteiger partial charge on any atom is -0.472 e. The van der Waals surface area contributed by atoms with Gasteiger partial charge in [-0.15, -0.1) is 0 Å². The first-order valence-electron chi connectivity index (χ1n) is 19.1. The number of rotatable bonds is 8. The third kappa shape index (κ3) is 7.53. The first kappa shape index (κ1) is 34.6. The van der Waals surface area contributed by atoms with E-state index in [0.717, 1.165) is 54.6 Å². The molecule has 0 saturated heterocycles. The van der Waals surface area contributed by atoms with Crippen molar-refractivity contribution in [2.45, 2.75) is 51.4 Å². The summed E-state index contributed by atoms with van der Waals surface area (Å²) in [5.41, 5.74) is 21.1. The van der Waals surface area contributed by atoms with E-state index >= 15 is 0 Å². The predicted molar refractivity (Wildman–Crippen MR) is 220 cm³/mol. The highest BCUT2D eigenvalue weighted by molar-refractivity contribution is 5.88. The number of hydrogen-bond donors (Lipinski definition) is 3. The zero-order valence-electron chi connectivity index (χ0n) is 30.8. The van der Waals surface area contributed by atoms with Crippen molar-refractivity contribution in [3.63, 3.8) is 0 Å². The molecule has 5 nitrogen and oxygen atoms in total. The molecule has 5 aromatic carbocycles. The van der Waals surface area contributed by atoms with E-state index in [0.29, 0.717) is 24.3 Å². The van der Waals surface area contributed by atoms with Crippen molar-refractivity contribution in [1.82, 2.24) is 0 Å². The van der Waals surface area contributed by atoms with E-state index in [2.05, 4.69) is 128 Å². The largest absolute Gasteiger partial charge is 0.472 e. The molecule has 53 heavy (non-hydrogen) atoms. The smallest absolute Gasteiger partial charge is 0.137 e. The maximum absolute atomic E-state index is 6.28. The monoisotopic (exact) mass is 699 g/mol. The first-order valence-corrected chi connectivity index (χ1v) is 19.1. The zero-order chi connectivity index (χ0) is 36.1. The van der Waals surface area contributed by atoms with Gasteiger partial charge >= 0.3 is 0 Å². The van der Waals surface area contributed by atoms with Crippen molar-refractivity contribution in [2.75, 3.05) is 30.3 Å².